The number of methoxy groups -OCH3 is 2. The van der Waals surface area contributed by atoms with Crippen LogP contribution in [-0.4, -0.2) is 50.4 Å². The average molecular weight is 536 g/mol. The van der Waals surface area contributed by atoms with Gasteiger partial charge in [0.25, 0.3) is 0 Å². The van der Waals surface area contributed by atoms with E-state index < -0.39 is 5.92 Å². The predicted octanol–water partition coefficient (Wildman–Crippen LogP) is 6.54. The Morgan fingerprint density at radius 3 is 2.03 bits per heavy atom. The fourth-order valence-electron chi connectivity index (χ4n) is 6.51. The molecule has 6 heteroatoms. The second-order valence-electron chi connectivity index (χ2n) is 12.7. The quantitative estimate of drug-likeness (QED) is 0.317. The minimum atomic E-state index is -0.432. The number of benzene rings is 1. The molecule has 0 fully saturated rings. The third-order valence-corrected chi connectivity index (χ3v) is 8.06. The Morgan fingerprint density at radius 1 is 0.949 bits per heavy atom. The molecule has 6 nitrogen and oxygen atoms in total. The highest BCUT2D eigenvalue weighted by molar-refractivity contribution is 6.06. The maximum Gasteiger partial charge on any atom is 0.164 e. The summed E-state index contributed by atoms with van der Waals surface area (Å²) in [6.07, 6.45) is 5.77. The molecule has 2 aliphatic carbocycles. The highest BCUT2D eigenvalue weighted by Crippen LogP contribution is 2.55. The Kier molecular flexibility index (Phi) is 8.46. The normalized spacial score (nSPS) is 20.6. The van der Waals surface area contributed by atoms with Gasteiger partial charge in [0.05, 0.1) is 20.3 Å². The van der Waals surface area contributed by atoms with Gasteiger partial charge in [0.15, 0.2) is 23.1 Å². The summed E-state index contributed by atoms with van der Waals surface area (Å²) in [5, 5.41) is 0. The van der Waals surface area contributed by atoms with Gasteiger partial charge >= 0.3 is 0 Å². The summed E-state index contributed by atoms with van der Waals surface area (Å²) in [5.74, 6) is 1.13. The van der Waals surface area contributed by atoms with E-state index in [-0.39, 0.29) is 22.4 Å². The van der Waals surface area contributed by atoms with E-state index in [1.807, 2.05) is 12.1 Å². The van der Waals surface area contributed by atoms with Crippen LogP contribution >= 0.6 is 0 Å². The van der Waals surface area contributed by atoms with E-state index in [9.17, 15) is 9.59 Å². The molecule has 0 unspecified atom stereocenters. The molecule has 0 aromatic heterocycles. The number of hydrogen-bond acceptors (Lipinski definition) is 6. The van der Waals surface area contributed by atoms with Gasteiger partial charge < -0.3 is 19.1 Å². The monoisotopic (exact) mass is 535 g/mol. The number of ketones is 2. The summed E-state index contributed by atoms with van der Waals surface area (Å²) in [4.78, 5) is 30.3. The number of Topliss-reactive ketones (excluding diaryl/α,β-unsaturated/α-hetero) is 2. The molecule has 39 heavy (non-hydrogen) atoms. The van der Waals surface area contributed by atoms with E-state index in [0.717, 1.165) is 52.9 Å². The molecule has 212 valence electrons. The van der Waals surface area contributed by atoms with Crippen LogP contribution in [0.1, 0.15) is 83.8 Å². The molecular weight excluding hydrogens is 490 g/mol. The zero-order chi connectivity index (χ0) is 28.5. The first-order valence-electron chi connectivity index (χ1n) is 14.2. The zero-order valence-electron chi connectivity index (χ0n) is 24.9. The van der Waals surface area contributed by atoms with Gasteiger partial charge in [-0.1, -0.05) is 46.8 Å². The molecule has 0 saturated carbocycles. The zero-order valence-corrected chi connectivity index (χ0v) is 24.9. The van der Waals surface area contributed by atoms with Crippen LogP contribution in [0.25, 0.3) is 0 Å². The minimum absolute atomic E-state index is 0.119. The van der Waals surface area contributed by atoms with Crippen LogP contribution in [0.4, 0.5) is 0 Å². The van der Waals surface area contributed by atoms with Crippen molar-refractivity contribution >= 4 is 11.6 Å². The highest BCUT2D eigenvalue weighted by Gasteiger charge is 2.49. The largest absolute Gasteiger partial charge is 0.493 e. The van der Waals surface area contributed by atoms with Crippen molar-refractivity contribution in [2.24, 2.45) is 10.8 Å². The highest BCUT2D eigenvalue weighted by atomic mass is 16.5. The predicted molar refractivity (Wildman–Crippen MR) is 154 cm³/mol. The molecule has 0 amide bonds. The summed E-state index contributed by atoms with van der Waals surface area (Å²) in [5.41, 5.74) is 5.11. The maximum atomic E-state index is 14.0. The van der Waals surface area contributed by atoms with Crippen LogP contribution in [0.15, 0.2) is 47.3 Å². The van der Waals surface area contributed by atoms with Crippen molar-refractivity contribution in [2.75, 3.05) is 34.0 Å². The summed E-state index contributed by atoms with van der Waals surface area (Å²) in [6, 6.07) is 4.07. The van der Waals surface area contributed by atoms with E-state index in [4.69, 9.17) is 14.2 Å². The average Bonchev–Trinajstić information content (AvgIpc) is 2.84. The van der Waals surface area contributed by atoms with Crippen LogP contribution in [0.3, 0.4) is 0 Å². The molecule has 0 bridgehead atoms. The summed E-state index contributed by atoms with van der Waals surface area (Å²) in [6.45, 7) is 16.4. The smallest absolute Gasteiger partial charge is 0.164 e. The molecule has 3 aliphatic rings. The van der Waals surface area contributed by atoms with Crippen molar-refractivity contribution < 1.29 is 23.8 Å². The summed E-state index contributed by atoms with van der Waals surface area (Å²) >= 11 is 0. The van der Waals surface area contributed by atoms with Gasteiger partial charge in [-0.15, -0.1) is 6.58 Å². The Labute approximate surface area is 234 Å². The van der Waals surface area contributed by atoms with E-state index in [1.165, 1.54) is 0 Å². The van der Waals surface area contributed by atoms with Crippen LogP contribution in [0.5, 0.6) is 11.5 Å². The number of allylic oxidation sites excluding steroid dienone is 5. The van der Waals surface area contributed by atoms with Crippen LogP contribution < -0.4 is 9.47 Å². The molecule has 1 aliphatic heterocycles. The molecule has 1 heterocycles. The van der Waals surface area contributed by atoms with Crippen molar-refractivity contribution in [3.05, 3.63) is 58.5 Å². The van der Waals surface area contributed by atoms with Crippen molar-refractivity contribution in [2.45, 2.75) is 79.1 Å². The van der Waals surface area contributed by atoms with Gasteiger partial charge in [0.2, 0.25) is 0 Å². The molecule has 0 spiro atoms. The Balaban J connectivity index is 2.01. The third-order valence-electron chi connectivity index (χ3n) is 8.06. The lowest BCUT2D eigenvalue weighted by Gasteiger charge is -2.49. The van der Waals surface area contributed by atoms with E-state index in [2.05, 4.69) is 52.2 Å². The molecular formula is C33H45NO5. The summed E-state index contributed by atoms with van der Waals surface area (Å²) < 4.78 is 17.5. The number of carbonyl (C=O) groups excluding carboxylic acids is 2. The molecule has 1 aromatic rings. The lowest BCUT2D eigenvalue weighted by Crippen LogP contribution is -2.45. The molecule has 0 saturated heterocycles. The van der Waals surface area contributed by atoms with Gasteiger partial charge in [-0.05, 0) is 48.1 Å². The molecule has 1 aromatic carbocycles. The third kappa shape index (κ3) is 5.72. The fraction of sp³-hybridized carbons (Fsp3) is 0.576. The number of ether oxygens (including phenoxy) is 3. The topological polar surface area (TPSA) is 65.1 Å². The minimum Gasteiger partial charge on any atom is -0.493 e. The molecule has 4 rings (SSSR count). The SMILES string of the molecule is C=CCc1cc(C2C3=C(CC(C)(C)CC3=O)N(CCOC)C3=C2C(=O)CC(C)(C)C3)cc(OC)c1OCCC. The number of hydrogen-bond donors (Lipinski definition) is 0. The van der Waals surface area contributed by atoms with Gasteiger partial charge in [0.1, 0.15) is 0 Å². The number of carbonyl (C=O) groups is 2. The lowest BCUT2D eigenvalue weighted by molar-refractivity contribution is -0.119. The van der Waals surface area contributed by atoms with Gasteiger partial charge in [-0.25, -0.2) is 0 Å². The Morgan fingerprint density at radius 2 is 1.54 bits per heavy atom. The first-order chi connectivity index (χ1) is 18.5. The Bertz CT molecular complexity index is 1160. The fourth-order valence-corrected chi connectivity index (χ4v) is 6.51. The standard InChI is InChI=1S/C33H45NO5/c1-9-11-21-15-22(16-27(38-8)31(21)39-13-10-2)28-29-23(17-32(3,4)19-25(29)35)34(12-14-37-7)24-18-33(5,6)20-26(36)30(24)28/h9,15-16,28H,1,10-14,17-20H2,2-8H3. The second-order valence-corrected chi connectivity index (χ2v) is 12.7. The molecule has 0 N–H and O–H groups in total. The maximum absolute atomic E-state index is 14.0. The molecule has 0 atom stereocenters. The summed E-state index contributed by atoms with van der Waals surface area (Å²) in [7, 11) is 3.33. The van der Waals surface area contributed by atoms with Gasteiger partial charge in [-0.2, -0.15) is 0 Å². The Hall–Kier alpha value is -2.86. The first-order valence-corrected chi connectivity index (χ1v) is 14.2. The van der Waals surface area contributed by atoms with E-state index >= 15 is 0 Å². The molecule has 0 radical (unpaired) electrons. The second kappa shape index (κ2) is 11.3. The number of rotatable bonds is 10. The van der Waals surface area contributed by atoms with Crippen LogP contribution in [0.2, 0.25) is 0 Å². The van der Waals surface area contributed by atoms with E-state index in [1.54, 1.807) is 14.2 Å². The van der Waals surface area contributed by atoms with Crippen molar-refractivity contribution in [3.63, 3.8) is 0 Å². The van der Waals surface area contributed by atoms with Gasteiger partial charge in [-0.3, -0.25) is 9.59 Å². The first kappa shape index (κ1) is 29.1. The van der Waals surface area contributed by atoms with Gasteiger partial charge in [0, 0.05) is 60.5 Å². The van der Waals surface area contributed by atoms with Crippen molar-refractivity contribution in [1.82, 2.24) is 4.90 Å². The van der Waals surface area contributed by atoms with Crippen molar-refractivity contribution in [3.8, 4) is 11.5 Å². The van der Waals surface area contributed by atoms with Crippen LogP contribution in [0, 0.1) is 10.8 Å². The lowest BCUT2D eigenvalue weighted by atomic mass is 9.63. The van der Waals surface area contributed by atoms with E-state index in [0.29, 0.717) is 50.5 Å². The van der Waals surface area contributed by atoms with Crippen LogP contribution in [-0.2, 0) is 20.7 Å². The number of nitrogens with zero attached hydrogens (tertiary/aromatic N) is 1. The van der Waals surface area contributed by atoms with Crippen molar-refractivity contribution in [1.29, 1.82) is 0 Å².